The molecule has 4 rings (SSSR count). The summed E-state index contributed by atoms with van der Waals surface area (Å²) in [6.45, 7) is 3.93. The summed E-state index contributed by atoms with van der Waals surface area (Å²) in [4.78, 5) is 20.5. The van der Waals surface area contributed by atoms with Crippen LogP contribution in [0.2, 0.25) is 0 Å². The summed E-state index contributed by atoms with van der Waals surface area (Å²) in [7, 11) is 0. The van der Waals surface area contributed by atoms with Gasteiger partial charge in [-0.2, -0.15) is 0 Å². The zero-order valence-corrected chi connectivity index (χ0v) is 14.1. The minimum absolute atomic E-state index is 0.446. The highest BCUT2D eigenvalue weighted by atomic mass is 16.5. The van der Waals surface area contributed by atoms with Crippen molar-refractivity contribution < 1.29 is 9.53 Å². The van der Waals surface area contributed by atoms with Gasteiger partial charge in [0, 0.05) is 44.0 Å². The first kappa shape index (κ1) is 15.9. The number of anilines is 1. The monoisotopic (exact) mass is 338 g/mol. The van der Waals surface area contributed by atoms with Gasteiger partial charge in [-0.05, 0) is 24.5 Å². The molecule has 1 atom stereocenters. The number of nitrogens with zero attached hydrogens (tertiary/aromatic N) is 3. The molecule has 0 spiro atoms. The van der Waals surface area contributed by atoms with E-state index in [1.807, 2.05) is 0 Å². The second-order valence-electron chi connectivity index (χ2n) is 6.64. The molecule has 2 aromatic rings. The molecule has 1 fully saturated rings. The molecule has 2 N–H and O–H groups in total. The van der Waals surface area contributed by atoms with Gasteiger partial charge in [-0.3, -0.25) is 4.90 Å². The topological polar surface area (TPSA) is 71.7 Å². The Labute approximate surface area is 147 Å². The first-order valence-electron chi connectivity index (χ1n) is 8.69. The fraction of sp³-hybridized carbons (Fsp3) is 0.368. The quantitative estimate of drug-likeness (QED) is 0.929. The van der Waals surface area contributed by atoms with Crippen LogP contribution in [0.15, 0.2) is 42.6 Å². The van der Waals surface area contributed by atoms with E-state index >= 15 is 0 Å². The fourth-order valence-electron chi connectivity index (χ4n) is 3.89. The summed E-state index contributed by atoms with van der Waals surface area (Å²) in [6.07, 6.45) is 2.80. The summed E-state index contributed by atoms with van der Waals surface area (Å²) in [5.74, 6) is 1.48. The second kappa shape index (κ2) is 6.72. The summed E-state index contributed by atoms with van der Waals surface area (Å²) in [5, 5.41) is 0. The molecule has 3 heterocycles. The van der Waals surface area contributed by atoms with Gasteiger partial charge >= 0.3 is 6.09 Å². The summed E-state index contributed by atoms with van der Waals surface area (Å²) in [6, 6.07) is 12.8. The number of carbonyl (C=O) groups excluding carboxylic acids is 1. The Morgan fingerprint density at radius 3 is 2.88 bits per heavy atom. The minimum Gasteiger partial charge on any atom is -0.410 e. The van der Waals surface area contributed by atoms with Crippen LogP contribution in [0.25, 0.3) is 0 Å². The molecule has 1 aromatic carbocycles. The predicted molar refractivity (Wildman–Crippen MR) is 95.6 cm³/mol. The number of ether oxygens (including phenoxy) is 1. The van der Waals surface area contributed by atoms with Crippen molar-refractivity contribution >= 4 is 11.9 Å². The number of hydrogen-bond donors (Lipinski definition) is 1. The number of rotatable bonds is 3. The maximum Gasteiger partial charge on any atom is 0.409 e. The van der Waals surface area contributed by atoms with Crippen molar-refractivity contribution in [1.82, 2.24) is 9.88 Å². The van der Waals surface area contributed by atoms with Crippen LogP contribution in [0.3, 0.4) is 0 Å². The molecule has 0 radical (unpaired) electrons. The van der Waals surface area contributed by atoms with Crippen molar-refractivity contribution in [2.24, 2.45) is 5.73 Å². The van der Waals surface area contributed by atoms with E-state index in [0.717, 1.165) is 50.4 Å². The van der Waals surface area contributed by atoms with E-state index < -0.39 is 6.09 Å². The Morgan fingerprint density at radius 2 is 2.08 bits per heavy atom. The SMILES string of the molecule is NC(=O)Oc1ccnc2c1CC[C@@H]1CN(Cc3ccccc3)CCN21. The summed E-state index contributed by atoms with van der Waals surface area (Å²) in [5.41, 5.74) is 7.52. The molecule has 6 heteroatoms. The first-order chi connectivity index (χ1) is 12.2. The zero-order valence-electron chi connectivity index (χ0n) is 14.1. The van der Waals surface area contributed by atoms with Crippen LogP contribution in [0.1, 0.15) is 17.5 Å². The van der Waals surface area contributed by atoms with Gasteiger partial charge in [0.1, 0.15) is 11.6 Å². The van der Waals surface area contributed by atoms with Crippen molar-refractivity contribution in [2.45, 2.75) is 25.4 Å². The minimum atomic E-state index is -0.775. The Balaban J connectivity index is 1.50. The number of pyridine rings is 1. The maximum atomic E-state index is 11.1. The Kier molecular flexibility index (Phi) is 4.28. The molecule has 1 amide bonds. The van der Waals surface area contributed by atoms with Gasteiger partial charge in [0.25, 0.3) is 0 Å². The zero-order chi connectivity index (χ0) is 17.2. The lowest BCUT2D eigenvalue weighted by atomic mass is 9.95. The van der Waals surface area contributed by atoms with Crippen LogP contribution in [0, 0.1) is 0 Å². The van der Waals surface area contributed by atoms with E-state index in [-0.39, 0.29) is 0 Å². The van der Waals surface area contributed by atoms with Crippen molar-refractivity contribution in [3.63, 3.8) is 0 Å². The van der Waals surface area contributed by atoms with Gasteiger partial charge in [0.05, 0.1) is 0 Å². The largest absolute Gasteiger partial charge is 0.410 e. The lowest BCUT2D eigenvalue weighted by Crippen LogP contribution is -2.55. The van der Waals surface area contributed by atoms with E-state index in [1.165, 1.54) is 5.56 Å². The van der Waals surface area contributed by atoms with Crippen LogP contribution >= 0.6 is 0 Å². The lowest BCUT2D eigenvalue weighted by Gasteiger charge is -2.45. The molecule has 0 unspecified atom stereocenters. The first-order valence-corrected chi connectivity index (χ1v) is 8.69. The molecule has 2 aliphatic heterocycles. The molecule has 0 bridgehead atoms. The van der Waals surface area contributed by atoms with Crippen LogP contribution in [-0.4, -0.2) is 41.7 Å². The van der Waals surface area contributed by atoms with E-state index in [9.17, 15) is 4.79 Å². The van der Waals surface area contributed by atoms with Gasteiger partial charge in [0.2, 0.25) is 0 Å². The number of hydrogen-bond acceptors (Lipinski definition) is 5. The number of piperazine rings is 1. The number of carbonyl (C=O) groups is 1. The van der Waals surface area contributed by atoms with Gasteiger partial charge in [-0.15, -0.1) is 0 Å². The Morgan fingerprint density at radius 1 is 1.24 bits per heavy atom. The molecule has 6 nitrogen and oxygen atoms in total. The molecule has 25 heavy (non-hydrogen) atoms. The van der Waals surface area contributed by atoms with E-state index in [4.69, 9.17) is 10.5 Å². The molecule has 0 aliphatic carbocycles. The van der Waals surface area contributed by atoms with Crippen molar-refractivity contribution in [1.29, 1.82) is 0 Å². The fourth-order valence-corrected chi connectivity index (χ4v) is 3.89. The molecule has 1 saturated heterocycles. The third-order valence-electron chi connectivity index (χ3n) is 5.02. The summed E-state index contributed by atoms with van der Waals surface area (Å²) < 4.78 is 5.15. The van der Waals surface area contributed by atoms with Crippen LogP contribution in [0.4, 0.5) is 10.6 Å². The highest BCUT2D eigenvalue weighted by Crippen LogP contribution is 2.36. The maximum absolute atomic E-state index is 11.1. The number of aromatic nitrogens is 1. The number of nitrogens with two attached hydrogens (primary N) is 1. The average molecular weight is 338 g/mol. The summed E-state index contributed by atoms with van der Waals surface area (Å²) >= 11 is 0. The van der Waals surface area contributed by atoms with Gasteiger partial charge in [0.15, 0.2) is 0 Å². The Hall–Kier alpha value is -2.60. The highest BCUT2D eigenvalue weighted by Gasteiger charge is 2.34. The number of primary amides is 1. The van der Waals surface area contributed by atoms with Gasteiger partial charge < -0.3 is 15.4 Å². The molecule has 0 saturated carbocycles. The second-order valence-corrected chi connectivity index (χ2v) is 6.64. The molecule has 2 aliphatic rings. The smallest absolute Gasteiger partial charge is 0.409 e. The van der Waals surface area contributed by atoms with Crippen LogP contribution in [0.5, 0.6) is 5.75 Å². The number of benzene rings is 1. The Bertz CT molecular complexity index is 765. The average Bonchev–Trinajstić information content (AvgIpc) is 2.62. The number of amides is 1. The van der Waals surface area contributed by atoms with E-state index in [0.29, 0.717) is 11.8 Å². The van der Waals surface area contributed by atoms with Crippen molar-refractivity contribution in [2.75, 3.05) is 24.5 Å². The van der Waals surface area contributed by atoms with Crippen molar-refractivity contribution in [3.05, 3.63) is 53.7 Å². The molecular weight excluding hydrogens is 316 g/mol. The van der Waals surface area contributed by atoms with Crippen LogP contribution in [-0.2, 0) is 13.0 Å². The lowest BCUT2D eigenvalue weighted by molar-refractivity contribution is 0.203. The third-order valence-corrected chi connectivity index (χ3v) is 5.02. The normalized spacial score (nSPS) is 19.8. The number of fused-ring (bicyclic) bond motifs is 3. The van der Waals surface area contributed by atoms with E-state index in [2.05, 4.69) is 45.1 Å². The van der Waals surface area contributed by atoms with Gasteiger partial charge in [-0.25, -0.2) is 9.78 Å². The van der Waals surface area contributed by atoms with Crippen LogP contribution < -0.4 is 15.4 Å². The standard InChI is InChI=1S/C19H22N4O2/c20-19(24)25-17-8-9-21-18-16(17)7-6-15-13-22(10-11-23(15)18)12-14-4-2-1-3-5-14/h1-5,8-9,15H,6-7,10-13H2,(H2,20,24)/t15-/m1/s1. The molecule has 130 valence electrons. The molecule has 1 aromatic heterocycles. The molecular formula is C19H22N4O2. The van der Waals surface area contributed by atoms with Gasteiger partial charge in [-0.1, -0.05) is 30.3 Å². The van der Waals surface area contributed by atoms with Crippen molar-refractivity contribution in [3.8, 4) is 5.75 Å². The predicted octanol–water partition coefficient (Wildman–Crippen LogP) is 2.18. The van der Waals surface area contributed by atoms with E-state index in [1.54, 1.807) is 12.3 Å². The highest BCUT2D eigenvalue weighted by molar-refractivity contribution is 5.70. The third kappa shape index (κ3) is 3.30.